The van der Waals surface area contributed by atoms with E-state index in [1.807, 2.05) is 30.3 Å². The summed E-state index contributed by atoms with van der Waals surface area (Å²) < 4.78 is 0. The van der Waals surface area contributed by atoms with Crippen molar-refractivity contribution in [2.45, 2.75) is 33.2 Å². The van der Waals surface area contributed by atoms with Gasteiger partial charge in [-0.15, -0.1) is 0 Å². The zero-order chi connectivity index (χ0) is 17.1. The number of carbonyl (C=O) groups is 1. The van der Waals surface area contributed by atoms with Crippen molar-refractivity contribution in [2.24, 2.45) is 0 Å². The maximum atomic E-state index is 12.5. The van der Waals surface area contributed by atoms with Gasteiger partial charge in [-0.3, -0.25) is 19.8 Å². The Hall–Kier alpha value is -2.21. The second-order valence-electron chi connectivity index (χ2n) is 6.62. The number of aromatic amines is 1. The molecule has 3 heterocycles. The van der Waals surface area contributed by atoms with Gasteiger partial charge >= 0.3 is 0 Å². The van der Waals surface area contributed by atoms with E-state index in [0.717, 1.165) is 38.3 Å². The molecule has 6 heteroatoms. The average molecular weight is 327 g/mol. The zero-order valence-electron chi connectivity index (χ0n) is 14.6. The molecule has 3 rings (SSSR count). The van der Waals surface area contributed by atoms with Crippen molar-refractivity contribution in [3.8, 4) is 0 Å². The zero-order valence-corrected chi connectivity index (χ0v) is 14.6. The Balaban J connectivity index is 1.55. The number of amides is 1. The summed E-state index contributed by atoms with van der Waals surface area (Å²) in [5, 5.41) is 6.92. The summed E-state index contributed by atoms with van der Waals surface area (Å²) in [6, 6.07) is 4.26. The van der Waals surface area contributed by atoms with Crippen LogP contribution < -0.4 is 0 Å². The van der Waals surface area contributed by atoms with Crippen molar-refractivity contribution in [3.05, 3.63) is 47.0 Å². The molecule has 0 saturated carbocycles. The molecule has 0 radical (unpaired) electrons. The fourth-order valence-electron chi connectivity index (χ4n) is 3.25. The molecule has 128 valence electrons. The van der Waals surface area contributed by atoms with Crippen LogP contribution in [0.25, 0.3) is 0 Å². The van der Waals surface area contributed by atoms with Gasteiger partial charge < -0.3 is 4.90 Å². The minimum absolute atomic E-state index is 0.0239. The third-order valence-electron chi connectivity index (χ3n) is 4.78. The van der Waals surface area contributed by atoms with Gasteiger partial charge in [-0.1, -0.05) is 0 Å². The summed E-state index contributed by atoms with van der Waals surface area (Å²) >= 11 is 0. The lowest BCUT2D eigenvalue weighted by Crippen LogP contribution is -2.54. The van der Waals surface area contributed by atoms with Crippen molar-refractivity contribution in [3.63, 3.8) is 0 Å². The van der Waals surface area contributed by atoms with Crippen LogP contribution in [0.2, 0.25) is 0 Å². The second-order valence-corrected chi connectivity index (χ2v) is 6.62. The molecule has 2 aromatic rings. The summed E-state index contributed by atoms with van der Waals surface area (Å²) in [5.41, 5.74) is 4.02. The van der Waals surface area contributed by atoms with Crippen LogP contribution in [0, 0.1) is 13.8 Å². The standard InChI is InChI=1S/C18H25N5O/c1-13-11-19-6-4-16(13)5-7-22-8-9-23(12-15(22)3)18(24)17-10-14(2)20-21-17/h4,6,10-11,15H,5,7-9,12H2,1-3H3,(H,20,21)/t15-/m1/s1. The molecule has 0 unspecified atom stereocenters. The van der Waals surface area contributed by atoms with Crippen molar-refractivity contribution in [2.75, 3.05) is 26.2 Å². The number of hydrogen-bond donors (Lipinski definition) is 1. The van der Waals surface area contributed by atoms with Gasteiger partial charge in [0.25, 0.3) is 5.91 Å². The SMILES string of the molecule is Cc1cc(C(=O)N2CCN(CCc3ccncc3C)[C@H](C)C2)n[nH]1. The van der Waals surface area contributed by atoms with E-state index in [2.05, 4.69) is 40.0 Å². The second kappa shape index (κ2) is 7.13. The Morgan fingerprint density at radius 1 is 1.38 bits per heavy atom. The number of pyridine rings is 1. The summed E-state index contributed by atoms with van der Waals surface area (Å²) in [6.45, 7) is 9.62. The van der Waals surface area contributed by atoms with E-state index in [1.165, 1.54) is 11.1 Å². The van der Waals surface area contributed by atoms with Crippen molar-refractivity contribution >= 4 is 5.91 Å². The van der Waals surface area contributed by atoms with E-state index in [1.54, 1.807) is 0 Å². The predicted octanol–water partition coefficient (Wildman–Crippen LogP) is 1.81. The first-order chi connectivity index (χ1) is 11.5. The largest absolute Gasteiger partial charge is 0.334 e. The minimum atomic E-state index is 0.0239. The summed E-state index contributed by atoms with van der Waals surface area (Å²) in [4.78, 5) is 21.0. The number of rotatable bonds is 4. The van der Waals surface area contributed by atoms with E-state index in [0.29, 0.717) is 11.7 Å². The maximum Gasteiger partial charge on any atom is 0.274 e. The van der Waals surface area contributed by atoms with Gasteiger partial charge in [-0.05, 0) is 50.5 Å². The first-order valence-electron chi connectivity index (χ1n) is 8.49. The summed E-state index contributed by atoms with van der Waals surface area (Å²) in [5.74, 6) is 0.0239. The third-order valence-corrected chi connectivity index (χ3v) is 4.78. The Morgan fingerprint density at radius 2 is 2.21 bits per heavy atom. The molecule has 1 fully saturated rings. The number of nitrogens with one attached hydrogen (secondary N) is 1. The number of aryl methyl sites for hydroxylation is 2. The van der Waals surface area contributed by atoms with Crippen LogP contribution in [0.5, 0.6) is 0 Å². The van der Waals surface area contributed by atoms with E-state index in [9.17, 15) is 4.79 Å². The number of nitrogens with zero attached hydrogens (tertiary/aromatic N) is 4. The Bertz CT molecular complexity index is 711. The molecule has 0 aromatic carbocycles. The molecule has 6 nitrogen and oxygen atoms in total. The van der Waals surface area contributed by atoms with E-state index >= 15 is 0 Å². The van der Waals surface area contributed by atoms with Crippen LogP contribution in [-0.4, -0.2) is 63.1 Å². The fourth-order valence-corrected chi connectivity index (χ4v) is 3.25. The first kappa shape index (κ1) is 16.6. The Labute approximate surface area is 142 Å². The lowest BCUT2D eigenvalue weighted by molar-refractivity contribution is 0.0512. The number of carbonyl (C=O) groups excluding carboxylic acids is 1. The number of H-pyrrole nitrogens is 1. The monoisotopic (exact) mass is 327 g/mol. The molecule has 0 aliphatic carbocycles. The Morgan fingerprint density at radius 3 is 2.88 bits per heavy atom. The summed E-state index contributed by atoms with van der Waals surface area (Å²) in [7, 11) is 0. The summed E-state index contributed by atoms with van der Waals surface area (Å²) in [6.07, 6.45) is 4.79. The van der Waals surface area contributed by atoms with Crippen LogP contribution in [0.4, 0.5) is 0 Å². The van der Waals surface area contributed by atoms with Crippen molar-refractivity contribution in [1.29, 1.82) is 0 Å². The van der Waals surface area contributed by atoms with E-state index < -0.39 is 0 Å². The molecule has 24 heavy (non-hydrogen) atoms. The lowest BCUT2D eigenvalue weighted by atomic mass is 10.1. The van der Waals surface area contributed by atoms with Crippen LogP contribution in [-0.2, 0) is 6.42 Å². The van der Waals surface area contributed by atoms with E-state index in [-0.39, 0.29) is 5.91 Å². The van der Waals surface area contributed by atoms with Gasteiger partial charge in [-0.2, -0.15) is 5.10 Å². The molecule has 1 atom stereocenters. The van der Waals surface area contributed by atoms with Crippen molar-refractivity contribution in [1.82, 2.24) is 25.0 Å². The molecule has 0 spiro atoms. The topological polar surface area (TPSA) is 65.1 Å². The predicted molar refractivity (Wildman–Crippen MR) is 92.9 cm³/mol. The van der Waals surface area contributed by atoms with Gasteiger partial charge in [0.05, 0.1) is 0 Å². The number of hydrogen-bond acceptors (Lipinski definition) is 4. The minimum Gasteiger partial charge on any atom is -0.334 e. The molecule has 1 amide bonds. The van der Waals surface area contributed by atoms with Crippen LogP contribution in [0.1, 0.15) is 34.2 Å². The maximum absolute atomic E-state index is 12.5. The molecular weight excluding hydrogens is 302 g/mol. The van der Waals surface area contributed by atoms with Crippen LogP contribution >= 0.6 is 0 Å². The normalized spacial score (nSPS) is 18.8. The average Bonchev–Trinajstić information content (AvgIpc) is 3.01. The molecule has 2 aromatic heterocycles. The van der Waals surface area contributed by atoms with Gasteiger partial charge in [0.1, 0.15) is 5.69 Å². The molecule has 1 aliphatic heterocycles. The fraction of sp³-hybridized carbons (Fsp3) is 0.500. The van der Waals surface area contributed by atoms with Crippen LogP contribution in [0.15, 0.2) is 24.5 Å². The highest BCUT2D eigenvalue weighted by Crippen LogP contribution is 2.14. The molecular formula is C18H25N5O. The number of aromatic nitrogens is 3. The smallest absolute Gasteiger partial charge is 0.274 e. The lowest BCUT2D eigenvalue weighted by Gasteiger charge is -2.39. The first-order valence-corrected chi connectivity index (χ1v) is 8.49. The molecule has 1 N–H and O–H groups in total. The highest BCUT2D eigenvalue weighted by atomic mass is 16.2. The molecule has 1 saturated heterocycles. The number of piperazine rings is 1. The van der Waals surface area contributed by atoms with Gasteiger partial charge in [0.15, 0.2) is 0 Å². The highest BCUT2D eigenvalue weighted by Gasteiger charge is 2.28. The van der Waals surface area contributed by atoms with E-state index in [4.69, 9.17) is 0 Å². The highest BCUT2D eigenvalue weighted by molar-refractivity contribution is 5.92. The third kappa shape index (κ3) is 3.64. The quantitative estimate of drug-likeness (QED) is 0.930. The van der Waals surface area contributed by atoms with Crippen molar-refractivity contribution < 1.29 is 4.79 Å². The van der Waals surface area contributed by atoms with Gasteiger partial charge in [0.2, 0.25) is 0 Å². The van der Waals surface area contributed by atoms with Crippen LogP contribution in [0.3, 0.4) is 0 Å². The van der Waals surface area contributed by atoms with Gasteiger partial charge in [-0.25, -0.2) is 0 Å². The molecule has 1 aliphatic rings. The molecule has 0 bridgehead atoms. The van der Waals surface area contributed by atoms with Gasteiger partial charge in [0, 0.05) is 50.3 Å². The Kier molecular flexibility index (Phi) is 4.94.